The number of hydrogen-bond donors (Lipinski definition) is 1. The second-order valence-electron chi connectivity index (χ2n) is 4.24. The molecule has 0 saturated heterocycles. The molecule has 0 saturated carbocycles. The third-order valence-corrected chi connectivity index (χ3v) is 2.78. The summed E-state index contributed by atoms with van der Waals surface area (Å²) in [5.74, 6) is 1.62. The Morgan fingerprint density at radius 3 is 2.65 bits per heavy atom. The van der Waals surface area contributed by atoms with E-state index in [-0.39, 0.29) is 18.6 Å². The third kappa shape index (κ3) is 3.54. The Morgan fingerprint density at radius 2 is 2.00 bits per heavy atom. The molecule has 0 aliphatic rings. The number of rotatable bonds is 6. The molecule has 5 heteroatoms. The lowest BCUT2D eigenvalue weighted by Gasteiger charge is -2.13. The fourth-order valence-corrected chi connectivity index (χ4v) is 1.77. The SMILES string of the molecule is COc1ccccc1OCC(=O)NC(C)c1ccco1. The van der Waals surface area contributed by atoms with Crippen LogP contribution in [-0.2, 0) is 4.79 Å². The number of carbonyl (C=O) groups excluding carboxylic acids is 1. The summed E-state index contributed by atoms with van der Waals surface area (Å²) in [7, 11) is 1.56. The molecular weight excluding hydrogens is 258 g/mol. The van der Waals surface area contributed by atoms with Crippen LogP contribution in [0.2, 0.25) is 0 Å². The van der Waals surface area contributed by atoms with Gasteiger partial charge in [0.15, 0.2) is 18.1 Å². The summed E-state index contributed by atoms with van der Waals surface area (Å²) in [6, 6.07) is 10.6. The van der Waals surface area contributed by atoms with Gasteiger partial charge < -0.3 is 19.2 Å². The highest BCUT2D eigenvalue weighted by Crippen LogP contribution is 2.25. The molecule has 1 aromatic heterocycles. The fourth-order valence-electron chi connectivity index (χ4n) is 1.77. The standard InChI is InChI=1S/C15H17NO4/c1-11(12-8-5-9-19-12)16-15(17)10-20-14-7-4-3-6-13(14)18-2/h3-9,11H,10H2,1-2H3,(H,16,17). The quantitative estimate of drug-likeness (QED) is 0.880. The van der Waals surface area contributed by atoms with Crippen LogP contribution in [0.15, 0.2) is 47.1 Å². The van der Waals surface area contributed by atoms with Crippen LogP contribution in [0.25, 0.3) is 0 Å². The third-order valence-electron chi connectivity index (χ3n) is 2.78. The van der Waals surface area contributed by atoms with E-state index >= 15 is 0 Å². The topological polar surface area (TPSA) is 60.7 Å². The van der Waals surface area contributed by atoms with Crippen LogP contribution in [0.3, 0.4) is 0 Å². The number of amides is 1. The maximum Gasteiger partial charge on any atom is 0.258 e. The molecule has 1 amide bonds. The van der Waals surface area contributed by atoms with E-state index in [9.17, 15) is 4.79 Å². The van der Waals surface area contributed by atoms with Crippen molar-refractivity contribution >= 4 is 5.91 Å². The highest BCUT2D eigenvalue weighted by atomic mass is 16.5. The van der Waals surface area contributed by atoms with Crippen molar-refractivity contribution in [2.45, 2.75) is 13.0 Å². The number of furan rings is 1. The van der Waals surface area contributed by atoms with Crippen molar-refractivity contribution in [3.8, 4) is 11.5 Å². The molecule has 1 atom stereocenters. The van der Waals surface area contributed by atoms with E-state index in [2.05, 4.69) is 5.32 Å². The van der Waals surface area contributed by atoms with Gasteiger partial charge in [0.05, 0.1) is 19.4 Å². The monoisotopic (exact) mass is 275 g/mol. The van der Waals surface area contributed by atoms with Gasteiger partial charge >= 0.3 is 0 Å². The van der Waals surface area contributed by atoms with Crippen molar-refractivity contribution in [3.63, 3.8) is 0 Å². The first-order valence-corrected chi connectivity index (χ1v) is 6.29. The summed E-state index contributed by atoms with van der Waals surface area (Å²) in [6.45, 7) is 1.77. The molecule has 0 spiro atoms. The first-order chi connectivity index (χ1) is 9.70. The van der Waals surface area contributed by atoms with Crippen LogP contribution in [0.1, 0.15) is 18.7 Å². The normalized spacial score (nSPS) is 11.7. The molecular formula is C15H17NO4. The molecule has 0 bridgehead atoms. The van der Waals surface area contributed by atoms with Crippen LogP contribution in [0, 0.1) is 0 Å². The van der Waals surface area contributed by atoms with Crippen LogP contribution < -0.4 is 14.8 Å². The summed E-state index contributed by atoms with van der Waals surface area (Å²) < 4.78 is 15.8. The van der Waals surface area contributed by atoms with E-state index < -0.39 is 0 Å². The number of hydrogen-bond acceptors (Lipinski definition) is 4. The van der Waals surface area contributed by atoms with Gasteiger partial charge in [-0.15, -0.1) is 0 Å². The van der Waals surface area contributed by atoms with Crippen LogP contribution in [-0.4, -0.2) is 19.6 Å². The molecule has 1 aromatic carbocycles. The first-order valence-electron chi connectivity index (χ1n) is 6.29. The zero-order valence-electron chi connectivity index (χ0n) is 11.5. The Labute approximate surface area is 117 Å². The maximum atomic E-state index is 11.8. The van der Waals surface area contributed by atoms with Crippen molar-refractivity contribution in [3.05, 3.63) is 48.4 Å². The van der Waals surface area contributed by atoms with Gasteiger partial charge in [-0.05, 0) is 31.2 Å². The van der Waals surface area contributed by atoms with Crippen molar-refractivity contribution in [2.75, 3.05) is 13.7 Å². The Hall–Kier alpha value is -2.43. The molecule has 5 nitrogen and oxygen atoms in total. The van der Waals surface area contributed by atoms with Crippen molar-refractivity contribution in [1.82, 2.24) is 5.32 Å². The van der Waals surface area contributed by atoms with Gasteiger partial charge in [0.2, 0.25) is 0 Å². The number of ether oxygens (including phenoxy) is 2. The molecule has 20 heavy (non-hydrogen) atoms. The molecule has 0 aliphatic carbocycles. The molecule has 0 radical (unpaired) electrons. The van der Waals surface area contributed by atoms with E-state index in [0.717, 1.165) is 0 Å². The largest absolute Gasteiger partial charge is 0.493 e. The molecule has 1 heterocycles. The lowest BCUT2D eigenvalue weighted by atomic mass is 10.2. The zero-order chi connectivity index (χ0) is 14.4. The van der Waals surface area contributed by atoms with Crippen LogP contribution >= 0.6 is 0 Å². The minimum atomic E-state index is -0.222. The molecule has 2 aromatic rings. The summed E-state index contributed by atoms with van der Waals surface area (Å²) in [5, 5.41) is 2.79. The Kier molecular flexibility index (Phi) is 4.65. The van der Waals surface area contributed by atoms with E-state index in [1.165, 1.54) is 0 Å². The Morgan fingerprint density at radius 1 is 1.25 bits per heavy atom. The molecule has 2 rings (SSSR count). The predicted molar refractivity (Wildman–Crippen MR) is 73.8 cm³/mol. The molecule has 0 fully saturated rings. The Balaban J connectivity index is 1.86. The summed E-state index contributed by atoms with van der Waals surface area (Å²) in [4.78, 5) is 11.8. The van der Waals surface area contributed by atoms with E-state index in [4.69, 9.17) is 13.9 Å². The van der Waals surface area contributed by atoms with Gasteiger partial charge in [-0.3, -0.25) is 4.79 Å². The average Bonchev–Trinajstić information content (AvgIpc) is 2.99. The summed E-state index contributed by atoms with van der Waals surface area (Å²) in [6.07, 6.45) is 1.57. The number of methoxy groups -OCH3 is 1. The van der Waals surface area contributed by atoms with Gasteiger partial charge in [0.25, 0.3) is 5.91 Å². The highest BCUT2D eigenvalue weighted by molar-refractivity contribution is 5.78. The van der Waals surface area contributed by atoms with Crippen LogP contribution in [0.4, 0.5) is 0 Å². The number of benzene rings is 1. The van der Waals surface area contributed by atoms with Crippen molar-refractivity contribution in [1.29, 1.82) is 0 Å². The number of carbonyl (C=O) groups is 1. The lowest BCUT2D eigenvalue weighted by molar-refractivity contribution is -0.123. The summed E-state index contributed by atoms with van der Waals surface area (Å²) >= 11 is 0. The van der Waals surface area contributed by atoms with Gasteiger partial charge in [0, 0.05) is 0 Å². The van der Waals surface area contributed by atoms with Gasteiger partial charge in [-0.1, -0.05) is 12.1 Å². The second kappa shape index (κ2) is 6.65. The van der Waals surface area contributed by atoms with Crippen LogP contribution in [0.5, 0.6) is 11.5 Å². The number of para-hydroxylation sites is 2. The molecule has 1 N–H and O–H groups in total. The predicted octanol–water partition coefficient (Wildman–Crippen LogP) is 2.54. The maximum absolute atomic E-state index is 11.8. The molecule has 0 aliphatic heterocycles. The van der Waals surface area contributed by atoms with E-state index in [1.54, 1.807) is 31.6 Å². The fraction of sp³-hybridized carbons (Fsp3) is 0.267. The Bertz CT molecular complexity index is 551. The van der Waals surface area contributed by atoms with Gasteiger partial charge in [-0.25, -0.2) is 0 Å². The lowest BCUT2D eigenvalue weighted by Crippen LogP contribution is -2.31. The first kappa shape index (κ1) is 14.0. The minimum Gasteiger partial charge on any atom is -0.493 e. The second-order valence-corrected chi connectivity index (χ2v) is 4.24. The average molecular weight is 275 g/mol. The molecule has 1 unspecified atom stereocenters. The van der Waals surface area contributed by atoms with Crippen molar-refractivity contribution in [2.24, 2.45) is 0 Å². The smallest absolute Gasteiger partial charge is 0.258 e. The van der Waals surface area contributed by atoms with Gasteiger partial charge in [0.1, 0.15) is 5.76 Å². The highest BCUT2D eigenvalue weighted by Gasteiger charge is 2.13. The number of nitrogens with one attached hydrogen (secondary N) is 1. The minimum absolute atomic E-state index is 0.0780. The summed E-state index contributed by atoms with van der Waals surface area (Å²) in [5.41, 5.74) is 0. The molecule has 106 valence electrons. The van der Waals surface area contributed by atoms with Gasteiger partial charge in [-0.2, -0.15) is 0 Å². The van der Waals surface area contributed by atoms with E-state index in [0.29, 0.717) is 17.3 Å². The van der Waals surface area contributed by atoms with Crippen molar-refractivity contribution < 1.29 is 18.7 Å². The van der Waals surface area contributed by atoms with E-state index in [1.807, 2.05) is 25.1 Å². The zero-order valence-corrected chi connectivity index (χ0v) is 11.5.